The first-order valence-corrected chi connectivity index (χ1v) is 8.24. The summed E-state index contributed by atoms with van der Waals surface area (Å²) in [5, 5.41) is 11.9. The van der Waals surface area contributed by atoms with Crippen molar-refractivity contribution in [2.24, 2.45) is 0 Å². The van der Waals surface area contributed by atoms with Crippen molar-refractivity contribution in [2.75, 3.05) is 6.61 Å². The second-order valence-corrected chi connectivity index (χ2v) is 6.61. The predicted octanol–water partition coefficient (Wildman–Crippen LogP) is 3.42. The highest BCUT2D eigenvalue weighted by molar-refractivity contribution is 5.68. The lowest BCUT2D eigenvalue weighted by Gasteiger charge is -2.27. The van der Waals surface area contributed by atoms with E-state index in [0.717, 1.165) is 5.56 Å². The number of aliphatic hydroxyl groups is 1. The highest BCUT2D eigenvalue weighted by Gasteiger charge is 2.24. The number of nitrogens with one attached hydrogen (secondary N) is 1. The van der Waals surface area contributed by atoms with Crippen molar-refractivity contribution in [3.8, 4) is 0 Å². The average molecular weight is 335 g/mol. The van der Waals surface area contributed by atoms with E-state index in [9.17, 15) is 4.79 Å². The fourth-order valence-corrected chi connectivity index (χ4v) is 2.18. The minimum atomic E-state index is -0.568. The molecule has 0 radical (unpaired) electrons. The van der Waals surface area contributed by atoms with Crippen molar-refractivity contribution >= 4 is 6.09 Å². The smallest absolute Gasteiger partial charge is 0.408 e. The predicted molar refractivity (Wildman–Crippen MR) is 94.7 cm³/mol. The number of amides is 1. The van der Waals surface area contributed by atoms with Gasteiger partial charge in [-0.3, -0.25) is 0 Å². The van der Waals surface area contributed by atoms with E-state index in [1.807, 2.05) is 51.1 Å². The maximum absolute atomic E-state index is 12.0. The van der Waals surface area contributed by atoms with Gasteiger partial charge in [0, 0.05) is 6.61 Å². The Hall–Kier alpha value is -1.85. The van der Waals surface area contributed by atoms with E-state index in [-0.39, 0.29) is 12.7 Å². The van der Waals surface area contributed by atoms with Gasteiger partial charge in [-0.2, -0.15) is 0 Å². The van der Waals surface area contributed by atoms with Crippen molar-refractivity contribution in [3.05, 3.63) is 48.6 Å². The highest BCUT2D eigenvalue weighted by Crippen LogP contribution is 2.14. The number of alkyl carbamates (subject to hydrolysis) is 1. The number of hydrogen-bond donors (Lipinski definition) is 2. The van der Waals surface area contributed by atoms with Gasteiger partial charge in [-0.25, -0.2) is 4.79 Å². The first kappa shape index (κ1) is 20.2. The molecule has 0 spiro atoms. The first-order valence-electron chi connectivity index (χ1n) is 8.24. The molecular formula is C19H29NO4. The van der Waals surface area contributed by atoms with Crippen molar-refractivity contribution in [1.29, 1.82) is 0 Å². The molecular weight excluding hydrogens is 306 g/mol. The number of ether oxygens (including phenoxy) is 2. The Morgan fingerprint density at radius 1 is 1.33 bits per heavy atom. The number of hydrogen-bond acceptors (Lipinski definition) is 4. The van der Waals surface area contributed by atoms with Crippen LogP contribution in [0.4, 0.5) is 4.79 Å². The molecule has 0 bridgehead atoms. The summed E-state index contributed by atoms with van der Waals surface area (Å²) in [6.45, 7) is 9.71. The zero-order valence-corrected chi connectivity index (χ0v) is 14.8. The molecule has 1 amide bonds. The van der Waals surface area contributed by atoms with E-state index in [1.54, 1.807) is 6.08 Å². The monoisotopic (exact) mass is 335 g/mol. The molecule has 5 nitrogen and oxygen atoms in total. The third kappa shape index (κ3) is 8.13. The van der Waals surface area contributed by atoms with E-state index in [0.29, 0.717) is 19.4 Å². The van der Waals surface area contributed by atoms with Gasteiger partial charge in [0.05, 0.1) is 18.8 Å². The molecule has 134 valence electrons. The Bertz CT molecular complexity index is 496. The third-order valence-corrected chi connectivity index (χ3v) is 3.29. The Balaban J connectivity index is 2.67. The topological polar surface area (TPSA) is 67.8 Å². The molecule has 0 unspecified atom stereocenters. The maximum Gasteiger partial charge on any atom is 0.408 e. The van der Waals surface area contributed by atoms with E-state index in [4.69, 9.17) is 14.6 Å². The van der Waals surface area contributed by atoms with Crippen LogP contribution in [0.3, 0.4) is 0 Å². The SMILES string of the molecule is C=C[C@H](NC(=O)OC(C)(C)C)[C@@H](CCCO)OCc1ccccc1. The van der Waals surface area contributed by atoms with Crippen LogP contribution in [0, 0.1) is 0 Å². The summed E-state index contributed by atoms with van der Waals surface area (Å²) >= 11 is 0. The number of benzene rings is 1. The van der Waals surface area contributed by atoms with Crippen molar-refractivity contribution in [1.82, 2.24) is 5.32 Å². The summed E-state index contributed by atoms with van der Waals surface area (Å²) in [7, 11) is 0. The Morgan fingerprint density at radius 3 is 2.54 bits per heavy atom. The van der Waals surface area contributed by atoms with Gasteiger partial charge in [0.15, 0.2) is 0 Å². The van der Waals surface area contributed by atoms with Crippen LogP contribution in [0.2, 0.25) is 0 Å². The normalized spacial score (nSPS) is 13.8. The van der Waals surface area contributed by atoms with Gasteiger partial charge in [0.2, 0.25) is 0 Å². The van der Waals surface area contributed by atoms with Crippen molar-refractivity contribution < 1.29 is 19.4 Å². The van der Waals surface area contributed by atoms with Crippen LogP contribution in [-0.4, -0.2) is 35.6 Å². The molecule has 24 heavy (non-hydrogen) atoms. The third-order valence-electron chi connectivity index (χ3n) is 3.29. The first-order chi connectivity index (χ1) is 11.4. The molecule has 5 heteroatoms. The van der Waals surface area contributed by atoms with E-state index >= 15 is 0 Å². The number of carbonyl (C=O) groups excluding carboxylic acids is 1. The van der Waals surface area contributed by atoms with Crippen LogP contribution in [0.5, 0.6) is 0 Å². The summed E-state index contributed by atoms with van der Waals surface area (Å²) in [4.78, 5) is 12.0. The van der Waals surface area contributed by atoms with Crippen LogP contribution in [0.15, 0.2) is 43.0 Å². The summed E-state index contributed by atoms with van der Waals surface area (Å²) in [6.07, 6.45) is 2.03. The van der Waals surface area contributed by atoms with Crippen molar-refractivity contribution in [3.63, 3.8) is 0 Å². The minimum absolute atomic E-state index is 0.0709. The number of carbonyl (C=O) groups is 1. The van der Waals surface area contributed by atoms with Crippen LogP contribution < -0.4 is 5.32 Å². The van der Waals surface area contributed by atoms with Crippen molar-refractivity contribution in [2.45, 2.75) is 58.0 Å². The van der Waals surface area contributed by atoms with Gasteiger partial charge < -0.3 is 19.9 Å². The van der Waals surface area contributed by atoms with Gasteiger partial charge in [-0.1, -0.05) is 36.4 Å². The minimum Gasteiger partial charge on any atom is -0.444 e. The lowest BCUT2D eigenvalue weighted by atomic mass is 10.1. The zero-order valence-electron chi connectivity index (χ0n) is 14.8. The Morgan fingerprint density at radius 2 is 2.00 bits per heavy atom. The molecule has 0 saturated heterocycles. The van der Waals surface area contributed by atoms with Crippen LogP contribution in [0.25, 0.3) is 0 Å². The lowest BCUT2D eigenvalue weighted by Crippen LogP contribution is -2.45. The molecule has 0 fully saturated rings. The zero-order chi connectivity index (χ0) is 18.0. The molecule has 2 atom stereocenters. The lowest BCUT2D eigenvalue weighted by molar-refractivity contribution is 0.00799. The molecule has 2 N–H and O–H groups in total. The Kier molecular flexibility index (Phi) is 8.50. The molecule has 0 aliphatic heterocycles. The maximum atomic E-state index is 12.0. The van der Waals surface area contributed by atoms with E-state index in [2.05, 4.69) is 11.9 Å². The standard InChI is InChI=1S/C19H29NO4/c1-5-16(20-18(22)24-19(2,3)4)17(12-9-13-21)23-14-15-10-7-6-8-11-15/h5-8,10-11,16-17,21H,1,9,12-14H2,2-4H3,(H,20,22)/t16-,17+/m0/s1. The number of rotatable bonds is 9. The fourth-order valence-electron chi connectivity index (χ4n) is 2.18. The molecule has 1 aromatic carbocycles. The summed E-state index contributed by atoms with van der Waals surface area (Å²) in [5.41, 5.74) is 0.480. The van der Waals surface area contributed by atoms with E-state index < -0.39 is 17.7 Å². The quantitative estimate of drug-likeness (QED) is 0.679. The van der Waals surface area contributed by atoms with Gasteiger partial charge in [0.25, 0.3) is 0 Å². The molecule has 0 saturated carbocycles. The Labute approximate surface area is 144 Å². The van der Waals surface area contributed by atoms with Gasteiger partial charge in [-0.15, -0.1) is 6.58 Å². The second kappa shape index (κ2) is 10.1. The van der Waals surface area contributed by atoms with E-state index in [1.165, 1.54) is 0 Å². The molecule has 0 aromatic heterocycles. The summed E-state index contributed by atoms with van der Waals surface area (Å²) in [5.74, 6) is 0. The molecule has 0 aliphatic rings. The van der Waals surface area contributed by atoms with Crippen LogP contribution in [-0.2, 0) is 16.1 Å². The van der Waals surface area contributed by atoms with Crippen LogP contribution in [0.1, 0.15) is 39.2 Å². The summed E-state index contributed by atoms with van der Waals surface area (Å²) < 4.78 is 11.2. The number of aliphatic hydroxyl groups excluding tert-OH is 1. The highest BCUT2D eigenvalue weighted by atomic mass is 16.6. The summed E-state index contributed by atoms with van der Waals surface area (Å²) in [6, 6.07) is 9.41. The van der Waals surface area contributed by atoms with Gasteiger partial charge in [0.1, 0.15) is 5.60 Å². The second-order valence-electron chi connectivity index (χ2n) is 6.61. The largest absolute Gasteiger partial charge is 0.444 e. The van der Waals surface area contributed by atoms with Crippen LogP contribution >= 0.6 is 0 Å². The average Bonchev–Trinajstić information content (AvgIpc) is 2.52. The molecule has 1 rings (SSSR count). The van der Waals surface area contributed by atoms with Gasteiger partial charge >= 0.3 is 6.09 Å². The fraction of sp³-hybridized carbons (Fsp3) is 0.526. The molecule has 1 aromatic rings. The molecule has 0 aliphatic carbocycles. The van der Waals surface area contributed by atoms with Gasteiger partial charge in [-0.05, 0) is 39.2 Å². The molecule has 0 heterocycles.